The van der Waals surface area contributed by atoms with Gasteiger partial charge in [-0.15, -0.1) is 0 Å². The average Bonchev–Trinajstić information content (AvgIpc) is 3.32. The molecule has 0 aliphatic carbocycles. The number of esters is 1. The monoisotopic (exact) mass is 963 g/mol. The summed E-state index contributed by atoms with van der Waals surface area (Å²) < 4.78 is 17.1. The maximum Gasteiger partial charge on any atom is 0.408 e. The molecule has 4 rings (SSSR count). The summed E-state index contributed by atoms with van der Waals surface area (Å²) in [6.45, 7) is 13.5. The summed E-state index contributed by atoms with van der Waals surface area (Å²) in [5, 5.41) is 16.3. The van der Waals surface area contributed by atoms with Crippen LogP contribution in [0.3, 0.4) is 0 Å². The van der Waals surface area contributed by atoms with Crippen LogP contribution >= 0.6 is 0 Å². The van der Waals surface area contributed by atoms with Crippen molar-refractivity contribution in [2.24, 2.45) is 11.8 Å². The minimum absolute atomic E-state index is 0.00473. The fourth-order valence-corrected chi connectivity index (χ4v) is 7.20. The molecule has 16 nitrogen and oxygen atoms in total. The molecule has 0 fully saturated rings. The van der Waals surface area contributed by atoms with E-state index < -0.39 is 96.0 Å². The smallest absolute Gasteiger partial charge is 0.408 e. The van der Waals surface area contributed by atoms with Crippen molar-refractivity contribution in [3.63, 3.8) is 0 Å². The second-order valence-electron chi connectivity index (χ2n) is 18.9. The van der Waals surface area contributed by atoms with Crippen LogP contribution in [0.1, 0.15) is 84.1 Å². The molecule has 0 unspecified atom stereocenters. The zero-order valence-corrected chi connectivity index (χ0v) is 41.5. The van der Waals surface area contributed by atoms with Crippen LogP contribution < -0.4 is 31.9 Å². The molecule has 4 aromatic rings. The van der Waals surface area contributed by atoms with Crippen LogP contribution in [0.25, 0.3) is 0 Å². The highest BCUT2D eigenvalue weighted by molar-refractivity contribution is 5.97. The molecule has 6 atom stereocenters. The Kier molecular flexibility index (Phi) is 22.1. The van der Waals surface area contributed by atoms with Gasteiger partial charge >= 0.3 is 12.1 Å². The maximum atomic E-state index is 14.6. The van der Waals surface area contributed by atoms with Crippen molar-refractivity contribution in [3.8, 4) is 0 Å². The molecule has 0 aromatic heterocycles. The van der Waals surface area contributed by atoms with E-state index in [1.54, 1.807) is 90.1 Å². The molecule has 4 aromatic carbocycles. The van der Waals surface area contributed by atoms with E-state index in [9.17, 15) is 33.6 Å². The zero-order chi connectivity index (χ0) is 51.2. The van der Waals surface area contributed by atoms with Crippen LogP contribution in [0.5, 0.6) is 0 Å². The number of hydrogen-bond acceptors (Lipinski definition) is 10. The lowest BCUT2D eigenvalue weighted by atomic mass is 9.99. The van der Waals surface area contributed by atoms with Crippen LogP contribution in [-0.4, -0.2) is 90.1 Å². The second-order valence-corrected chi connectivity index (χ2v) is 18.9. The summed E-state index contributed by atoms with van der Waals surface area (Å²) in [5.74, 6) is -4.70. The SMILES string of the molecule is CC(C)C[C@H](NC(=O)[C@@H](NC(=O)[C@H](Cc1ccccc1)NC(=O)[C@@H](NC(=O)[C@H](Cc1ccccc1)NC(=O)CNC(=O)OC(C)(C)C)C(C)C)[C@@H](C)OCc1ccccc1)C(=O)OCc1ccccc1. The Morgan fingerprint density at radius 3 is 1.40 bits per heavy atom. The Hall–Kier alpha value is -7.07. The first-order valence-electron chi connectivity index (χ1n) is 23.7. The number of carbonyl (C=O) groups is 7. The highest BCUT2D eigenvalue weighted by Crippen LogP contribution is 2.14. The van der Waals surface area contributed by atoms with Crippen LogP contribution in [0.2, 0.25) is 0 Å². The molecule has 16 heteroatoms. The predicted octanol–water partition coefficient (Wildman–Crippen LogP) is 5.47. The molecule has 6 amide bonds. The van der Waals surface area contributed by atoms with E-state index in [1.165, 1.54) is 0 Å². The van der Waals surface area contributed by atoms with Gasteiger partial charge in [0, 0.05) is 12.8 Å². The van der Waals surface area contributed by atoms with Gasteiger partial charge in [-0.05, 0) is 68.2 Å². The first-order valence-corrected chi connectivity index (χ1v) is 23.7. The van der Waals surface area contributed by atoms with E-state index in [1.807, 2.05) is 86.6 Å². The number of ether oxygens (including phenoxy) is 3. The Morgan fingerprint density at radius 1 is 0.500 bits per heavy atom. The molecule has 376 valence electrons. The summed E-state index contributed by atoms with van der Waals surface area (Å²) >= 11 is 0. The third-order valence-electron chi connectivity index (χ3n) is 10.8. The van der Waals surface area contributed by atoms with Gasteiger partial charge in [0.25, 0.3) is 0 Å². The van der Waals surface area contributed by atoms with Crippen LogP contribution in [-0.2, 0) is 69.0 Å². The summed E-state index contributed by atoms with van der Waals surface area (Å²) in [6.07, 6.45) is -1.48. The molecule has 0 spiro atoms. The topological polar surface area (TPSA) is 219 Å². The van der Waals surface area contributed by atoms with Crippen molar-refractivity contribution in [1.29, 1.82) is 0 Å². The normalized spacial score (nSPS) is 13.9. The van der Waals surface area contributed by atoms with Crippen molar-refractivity contribution in [1.82, 2.24) is 31.9 Å². The number of alkyl carbamates (subject to hydrolysis) is 1. The van der Waals surface area contributed by atoms with Gasteiger partial charge in [0.1, 0.15) is 49.0 Å². The van der Waals surface area contributed by atoms with Gasteiger partial charge in [-0.3, -0.25) is 24.0 Å². The van der Waals surface area contributed by atoms with Gasteiger partial charge < -0.3 is 46.1 Å². The number of nitrogens with one attached hydrogen (secondary N) is 6. The minimum atomic E-state index is -1.37. The third kappa shape index (κ3) is 19.9. The molecule has 0 saturated carbocycles. The van der Waals surface area contributed by atoms with Gasteiger partial charge in [0.2, 0.25) is 29.5 Å². The average molecular weight is 963 g/mol. The van der Waals surface area contributed by atoms with Gasteiger partial charge in [-0.1, -0.05) is 149 Å². The Labute approximate surface area is 411 Å². The van der Waals surface area contributed by atoms with E-state index >= 15 is 0 Å². The third-order valence-corrected chi connectivity index (χ3v) is 10.8. The summed E-state index contributed by atoms with van der Waals surface area (Å²) in [5.41, 5.74) is 2.19. The fraction of sp³-hybridized carbons (Fsp3) is 0.426. The molecule has 0 radical (unpaired) electrons. The Bertz CT molecular complexity index is 2290. The first kappa shape index (κ1) is 55.5. The van der Waals surface area contributed by atoms with Crippen molar-refractivity contribution in [2.75, 3.05) is 6.54 Å². The molecule has 0 heterocycles. The second kappa shape index (κ2) is 27.8. The molecule has 70 heavy (non-hydrogen) atoms. The molecular weight excluding hydrogens is 893 g/mol. The number of benzene rings is 4. The predicted molar refractivity (Wildman–Crippen MR) is 265 cm³/mol. The Morgan fingerprint density at radius 2 is 0.929 bits per heavy atom. The van der Waals surface area contributed by atoms with Crippen molar-refractivity contribution >= 4 is 41.6 Å². The number of amides is 6. The molecule has 0 aliphatic heterocycles. The fourth-order valence-electron chi connectivity index (χ4n) is 7.20. The standard InChI is InChI=1S/C54H70N6O10/c1-35(2)29-44(52(66)69-34-41-27-19-12-20-28-41)58-51(65)47(37(5)68-33-40-25-17-11-18-26-40)60-49(63)43(31-39-23-15-10-16-24-39)57-50(64)46(36(3)4)59-48(62)42(30-38-21-13-9-14-22-38)56-45(61)32-55-53(67)70-54(6,7)8/h9-28,35-37,42-44,46-47H,29-34H2,1-8H3,(H,55,67)(H,56,61)(H,57,64)(H,58,65)(H,59,62)(H,60,63)/t37-,42+,43+,44+,46+,47+/m1/s1. The largest absolute Gasteiger partial charge is 0.459 e. The lowest BCUT2D eigenvalue weighted by Gasteiger charge is -2.30. The highest BCUT2D eigenvalue weighted by Gasteiger charge is 2.36. The summed E-state index contributed by atoms with van der Waals surface area (Å²) in [4.78, 5) is 96.6. The molecule has 0 aliphatic rings. The summed E-state index contributed by atoms with van der Waals surface area (Å²) in [6, 6.07) is 30.2. The van der Waals surface area contributed by atoms with E-state index in [0.29, 0.717) is 11.1 Å². The van der Waals surface area contributed by atoms with Crippen molar-refractivity contribution in [3.05, 3.63) is 144 Å². The van der Waals surface area contributed by atoms with Gasteiger partial charge in [-0.2, -0.15) is 0 Å². The van der Waals surface area contributed by atoms with E-state index in [2.05, 4.69) is 31.9 Å². The van der Waals surface area contributed by atoms with E-state index in [4.69, 9.17) is 14.2 Å². The van der Waals surface area contributed by atoms with Crippen molar-refractivity contribution < 1.29 is 47.8 Å². The Balaban J connectivity index is 1.59. The van der Waals surface area contributed by atoms with Gasteiger partial charge in [0.15, 0.2) is 0 Å². The number of rotatable bonds is 25. The van der Waals surface area contributed by atoms with Crippen LogP contribution in [0.15, 0.2) is 121 Å². The van der Waals surface area contributed by atoms with Crippen molar-refractivity contribution in [2.45, 2.75) is 130 Å². The lowest BCUT2D eigenvalue weighted by molar-refractivity contribution is -0.150. The minimum Gasteiger partial charge on any atom is -0.459 e. The van der Waals surface area contributed by atoms with Crippen LogP contribution in [0.4, 0.5) is 4.79 Å². The molecular formula is C54H70N6O10. The quantitative estimate of drug-likeness (QED) is 0.0460. The first-order chi connectivity index (χ1) is 33.3. The lowest BCUT2D eigenvalue weighted by Crippen LogP contribution is -2.62. The maximum absolute atomic E-state index is 14.6. The van der Waals surface area contributed by atoms with Gasteiger partial charge in [0.05, 0.1) is 12.7 Å². The highest BCUT2D eigenvalue weighted by atomic mass is 16.6. The summed E-state index contributed by atoms with van der Waals surface area (Å²) in [7, 11) is 0. The number of carbonyl (C=O) groups excluding carboxylic acids is 7. The molecule has 6 N–H and O–H groups in total. The number of hydrogen-bond donors (Lipinski definition) is 6. The van der Waals surface area contributed by atoms with E-state index in [0.717, 1.165) is 11.1 Å². The van der Waals surface area contributed by atoms with Gasteiger partial charge in [-0.25, -0.2) is 9.59 Å². The molecule has 0 bridgehead atoms. The van der Waals surface area contributed by atoms with E-state index in [-0.39, 0.29) is 38.4 Å². The zero-order valence-electron chi connectivity index (χ0n) is 41.5. The molecule has 0 saturated heterocycles. The van der Waals surface area contributed by atoms with Crippen LogP contribution in [0, 0.1) is 11.8 Å².